The van der Waals surface area contributed by atoms with Crippen molar-refractivity contribution in [3.8, 4) is 0 Å². The number of likely N-dealkylation sites (N-methyl/N-ethyl adjacent to an activating group) is 1. The summed E-state index contributed by atoms with van der Waals surface area (Å²) < 4.78 is 14.9. The Morgan fingerprint density at radius 1 is 1.06 bits per heavy atom. The fraction of sp³-hybridized carbons (Fsp3) is 0.192. The van der Waals surface area contributed by atoms with E-state index in [2.05, 4.69) is 10.3 Å². The van der Waals surface area contributed by atoms with Crippen molar-refractivity contribution >= 4 is 46.0 Å². The molecule has 0 aliphatic heterocycles. The summed E-state index contributed by atoms with van der Waals surface area (Å²) in [6, 6.07) is 21.1. The van der Waals surface area contributed by atoms with Crippen LogP contribution in [0.3, 0.4) is 0 Å². The number of nitrogens with one attached hydrogen (secondary N) is 1. The molecule has 0 unspecified atom stereocenters. The Morgan fingerprint density at radius 3 is 2.56 bits per heavy atom. The number of hydrogen-bond acceptors (Lipinski definition) is 4. The zero-order valence-corrected chi connectivity index (χ0v) is 19.8. The maximum atomic E-state index is 13.3. The number of carbonyl (C=O) groups excluding carboxylic acids is 2. The molecule has 0 saturated heterocycles. The van der Waals surface area contributed by atoms with Crippen LogP contribution >= 0.6 is 11.8 Å². The highest BCUT2D eigenvalue weighted by molar-refractivity contribution is 7.99. The lowest BCUT2D eigenvalue weighted by Gasteiger charge is -2.22. The molecule has 4 rings (SSSR count). The quantitative estimate of drug-likeness (QED) is 0.352. The molecule has 0 fully saturated rings. The molecule has 0 aliphatic rings. The van der Waals surface area contributed by atoms with Crippen LogP contribution in [0.25, 0.3) is 11.0 Å². The minimum atomic E-state index is -0.363. The maximum Gasteiger partial charge on any atom is 0.247 e. The number of imidazole rings is 1. The van der Waals surface area contributed by atoms with Gasteiger partial charge in [-0.05, 0) is 67.9 Å². The number of rotatable bonds is 8. The molecule has 4 aromatic rings. The van der Waals surface area contributed by atoms with Crippen LogP contribution in [0.2, 0.25) is 0 Å². The predicted molar refractivity (Wildman–Crippen MR) is 135 cm³/mol. The molecular formula is C26H25FN4O2S. The average molecular weight is 477 g/mol. The fourth-order valence-corrected chi connectivity index (χ4v) is 4.51. The van der Waals surface area contributed by atoms with Gasteiger partial charge in [0.1, 0.15) is 12.4 Å². The van der Waals surface area contributed by atoms with Gasteiger partial charge in [-0.3, -0.25) is 9.59 Å². The Balaban J connectivity index is 1.53. The van der Waals surface area contributed by atoms with E-state index in [1.54, 1.807) is 4.90 Å². The van der Waals surface area contributed by atoms with E-state index in [-0.39, 0.29) is 29.9 Å². The van der Waals surface area contributed by atoms with Gasteiger partial charge in [-0.1, -0.05) is 36.0 Å². The zero-order valence-electron chi connectivity index (χ0n) is 19.0. The van der Waals surface area contributed by atoms with Crippen molar-refractivity contribution in [3.05, 3.63) is 84.2 Å². The normalized spacial score (nSPS) is 10.9. The Kier molecular flexibility index (Phi) is 7.27. The maximum absolute atomic E-state index is 13.3. The molecule has 3 aromatic carbocycles. The summed E-state index contributed by atoms with van der Waals surface area (Å²) in [6.45, 7) is 4.58. The number of aryl methyl sites for hydroxylation is 1. The summed E-state index contributed by atoms with van der Waals surface area (Å²) >= 11 is 1.26. The minimum absolute atomic E-state index is 0.0612. The van der Waals surface area contributed by atoms with Gasteiger partial charge in [-0.2, -0.15) is 0 Å². The van der Waals surface area contributed by atoms with Crippen LogP contribution in [-0.2, 0) is 16.1 Å². The Labute approximate surface area is 201 Å². The first-order valence-electron chi connectivity index (χ1n) is 10.9. The third kappa shape index (κ3) is 5.46. The van der Waals surface area contributed by atoms with Crippen LogP contribution in [0.5, 0.6) is 0 Å². The largest absolute Gasteiger partial charge is 0.325 e. The molecule has 0 atom stereocenters. The van der Waals surface area contributed by atoms with Crippen LogP contribution in [0.4, 0.5) is 15.8 Å². The molecule has 6 nitrogen and oxygen atoms in total. The van der Waals surface area contributed by atoms with E-state index >= 15 is 0 Å². The lowest BCUT2D eigenvalue weighted by atomic mass is 10.2. The first kappa shape index (κ1) is 23.5. The van der Waals surface area contributed by atoms with Crippen LogP contribution in [-0.4, -0.2) is 33.7 Å². The van der Waals surface area contributed by atoms with Gasteiger partial charge in [0, 0.05) is 17.9 Å². The molecular weight excluding hydrogens is 451 g/mol. The summed E-state index contributed by atoms with van der Waals surface area (Å²) in [5.41, 5.74) is 4.05. The van der Waals surface area contributed by atoms with Gasteiger partial charge in [0.2, 0.25) is 11.8 Å². The molecule has 174 valence electrons. The monoisotopic (exact) mass is 476 g/mol. The topological polar surface area (TPSA) is 67.2 Å². The highest BCUT2D eigenvalue weighted by Gasteiger charge is 2.20. The lowest BCUT2D eigenvalue weighted by molar-refractivity contribution is -0.119. The molecule has 1 N–H and O–H groups in total. The van der Waals surface area contributed by atoms with Crippen molar-refractivity contribution in [2.45, 2.75) is 25.5 Å². The second kappa shape index (κ2) is 10.5. The summed E-state index contributed by atoms with van der Waals surface area (Å²) in [7, 11) is 0. The number of benzene rings is 3. The van der Waals surface area contributed by atoms with Crippen LogP contribution in [0, 0.1) is 12.7 Å². The summed E-state index contributed by atoms with van der Waals surface area (Å²) in [6.07, 6.45) is 0. The van der Waals surface area contributed by atoms with E-state index in [9.17, 15) is 14.0 Å². The third-order valence-electron chi connectivity index (χ3n) is 5.30. The van der Waals surface area contributed by atoms with Gasteiger partial charge >= 0.3 is 0 Å². The standard InChI is InChI=1S/C26H25FN4O2S/c1-3-30(21-8-6-7-18(2)15-21)25(33)16-31-23-10-5-4-9-22(23)29-26(31)34-17-24(32)28-20-13-11-19(27)12-14-20/h4-15H,3,16-17H2,1-2H3,(H,28,32). The van der Waals surface area contributed by atoms with Crippen LogP contribution in [0.15, 0.2) is 78.0 Å². The van der Waals surface area contributed by atoms with Crippen molar-refractivity contribution in [1.29, 1.82) is 0 Å². The molecule has 1 aromatic heterocycles. The highest BCUT2D eigenvalue weighted by atomic mass is 32.2. The molecule has 2 amide bonds. The molecule has 0 saturated carbocycles. The summed E-state index contributed by atoms with van der Waals surface area (Å²) in [5.74, 6) is -0.563. The highest BCUT2D eigenvalue weighted by Crippen LogP contribution is 2.25. The predicted octanol–water partition coefficient (Wildman–Crippen LogP) is 5.27. The van der Waals surface area contributed by atoms with E-state index in [1.165, 1.54) is 36.0 Å². The average Bonchev–Trinajstić information content (AvgIpc) is 3.17. The van der Waals surface area contributed by atoms with Gasteiger partial charge in [0.25, 0.3) is 0 Å². The van der Waals surface area contributed by atoms with Crippen molar-refractivity contribution in [2.24, 2.45) is 0 Å². The third-order valence-corrected chi connectivity index (χ3v) is 6.28. The van der Waals surface area contributed by atoms with E-state index in [4.69, 9.17) is 0 Å². The molecule has 0 radical (unpaired) electrons. The number of aromatic nitrogens is 2. The van der Waals surface area contributed by atoms with E-state index < -0.39 is 0 Å². The molecule has 34 heavy (non-hydrogen) atoms. The number of anilines is 2. The SMILES string of the molecule is CCN(C(=O)Cn1c(SCC(=O)Nc2ccc(F)cc2)nc2ccccc21)c1cccc(C)c1. The van der Waals surface area contributed by atoms with Crippen molar-refractivity contribution < 1.29 is 14.0 Å². The smallest absolute Gasteiger partial charge is 0.247 e. The van der Waals surface area contributed by atoms with E-state index in [1.807, 2.05) is 66.9 Å². The van der Waals surface area contributed by atoms with Crippen molar-refractivity contribution in [3.63, 3.8) is 0 Å². The first-order valence-corrected chi connectivity index (χ1v) is 11.9. The van der Waals surface area contributed by atoms with Crippen molar-refractivity contribution in [2.75, 3.05) is 22.5 Å². The first-order chi connectivity index (χ1) is 16.4. The number of fused-ring (bicyclic) bond motifs is 1. The fourth-order valence-electron chi connectivity index (χ4n) is 3.70. The number of halogens is 1. The Hall–Kier alpha value is -3.65. The molecule has 0 bridgehead atoms. The second-order valence-electron chi connectivity index (χ2n) is 7.79. The summed E-state index contributed by atoms with van der Waals surface area (Å²) in [5, 5.41) is 3.34. The van der Waals surface area contributed by atoms with Crippen LogP contribution in [0.1, 0.15) is 12.5 Å². The second-order valence-corrected chi connectivity index (χ2v) is 8.73. The number of para-hydroxylation sites is 2. The molecule has 1 heterocycles. The Morgan fingerprint density at radius 2 is 1.82 bits per heavy atom. The number of thioether (sulfide) groups is 1. The number of hydrogen-bond donors (Lipinski definition) is 1. The molecule has 0 spiro atoms. The van der Waals surface area contributed by atoms with Gasteiger partial charge in [-0.15, -0.1) is 0 Å². The van der Waals surface area contributed by atoms with E-state index in [0.29, 0.717) is 17.4 Å². The number of carbonyl (C=O) groups is 2. The zero-order chi connectivity index (χ0) is 24.1. The van der Waals surface area contributed by atoms with Gasteiger partial charge in [0.05, 0.1) is 16.8 Å². The van der Waals surface area contributed by atoms with E-state index in [0.717, 1.165) is 22.3 Å². The molecule has 0 aliphatic carbocycles. The van der Waals surface area contributed by atoms with Gasteiger partial charge in [0.15, 0.2) is 5.16 Å². The Bertz CT molecular complexity index is 1320. The van der Waals surface area contributed by atoms with Gasteiger partial charge in [-0.25, -0.2) is 9.37 Å². The number of nitrogens with zero attached hydrogens (tertiary/aromatic N) is 3. The minimum Gasteiger partial charge on any atom is -0.325 e. The molecule has 8 heteroatoms. The van der Waals surface area contributed by atoms with Crippen LogP contribution < -0.4 is 10.2 Å². The van der Waals surface area contributed by atoms with Crippen molar-refractivity contribution in [1.82, 2.24) is 9.55 Å². The summed E-state index contributed by atoms with van der Waals surface area (Å²) in [4.78, 5) is 32.2. The lowest BCUT2D eigenvalue weighted by Crippen LogP contribution is -2.33. The van der Waals surface area contributed by atoms with Gasteiger partial charge < -0.3 is 14.8 Å². The number of amides is 2.